The molecule has 2 heterocycles. The molecule has 4 rings (SSSR count). The second-order valence-electron chi connectivity index (χ2n) is 7.88. The van der Waals surface area contributed by atoms with E-state index in [1.165, 1.54) is 31.4 Å². The molecule has 0 spiro atoms. The lowest BCUT2D eigenvalue weighted by Gasteiger charge is -2.21. The van der Waals surface area contributed by atoms with E-state index in [4.69, 9.17) is 10.7 Å². The predicted molar refractivity (Wildman–Crippen MR) is 97.3 cm³/mol. The summed E-state index contributed by atoms with van der Waals surface area (Å²) in [5, 5.41) is 8.23. The van der Waals surface area contributed by atoms with Gasteiger partial charge in [-0.3, -0.25) is 0 Å². The molecular weight excluding hydrogens is 298 g/mol. The molecule has 3 atom stereocenters. The number of anilines is 1. The van der Waals surface area contributed by atoms with Gasteiger partial charge in [-0.05, 0) is 44.9 Å². The van der Waals surface area contributed by atoms with Gasteiger partial charge in [0.1, 0.15) is 5.82 Å². The van der Waals surface area contributed by atoms with Crippen molar-refractivity contribution in [1.82, 2.24) is 14.6 Å². The summed E-state index contributed by atoms with van der Waals surface area (Å²) < 4.78 is 1.96. The van der Waals surface area contributed by atoms with Crippen LogP contribution in [-0.2, 0) is 0 Å². The second-order valence-corrected chi connectivity index (χ2v) is 7.88. The van der Waals surface area contributed by atoms with E-state index < -0.39 is 0 Å². The molecule has 0 radical (unpaired) electrons. The van der Waals surface area contributed by atoms with E-state index in [9.17, 15) is 0 Å². The van der Waals surface area contributed by atoms with Crippen molar-refractivity contribution in [2.75, 3.05) is 5.32 Å². The van der Waals surface area contributed by atoms with Crippen molar-refractivity contribution in [2.24, 2.45) is 11.7 Å². The summed E-state index contributed by atoms with van der Waals surface area (Å²) in [6, 6.07) is 3.01. The highest BCUT2D eigenvalue weighted by Gasteiger charge is 2.26. The van der Waals surface area contributed by atoms with Gasteiger partial charge in [0.05, 0.1) is 6.20 Å². The van der Waals surface area contributed by atoms with Crippen LogP contribution in [0.5, 0.6) is 0 Å². The Hall–Kier alpha value is -1.62. The quantitative estimate of drug-likeness (QED) is 0.900. The third kappa shape index (κ3) is 2.90. The van der Waals surface area contributed by atoms with Crippen LogP contribution in [0.15, 0.2) is 12.3 Å². The average Bonchev–Trinajstić information content (AvgIpc) is 3.29. The Bertz CT molecular complexity index is 716. The maximum absolute atomic E-state index is 6.08. The minimum atomic E-state index is 0.330. The number of nitrogens with zero attached hydrogens (tertiary/aromatic N) is 3. The van der Waals surface area contributed by atoms with Crippen LogP contribution in [0, 0.1) is 12.8 Å². The summed E-state index contributed by atoms with van der Waals surface area (Å²) in [5.41, 5.74) is 9.42. The van der Waals surface area contributed by atoms with Gasteiger partial charge in [-0.1, -0.05) is 19.8 Å². The van der Waals surface area contributed by atoms with Crippen molar-refractivity contribution in [3.8, 4) is 0 Å². The first-order chi connectivity index (χ1) is 11.6. The number of aryl methyl sites for hydroxylation is 1. The molecule has 0 aliphatic heterocycles. The molecule has 0 amide bonds. The fourth-order valence-corrected chi connectivity index (χ4v) is 4.48. The number of nitrogens with one attached hydrogen (secondary N) is 1. The largest absolute Gasteiger partial charge is 0.367 e. The number of fused-ring (bicyclic) bond motifs is 1. The average molecular weight is 327 g/mol. The third-order valence-corrected chi connectivity index (χ3v) is 6.07. The van der Waals surface area contributed by atoms with Gasteiger partial charge in [-0.2, -0.15) is 9.61 Å². The van der Waals surface area contributed by atoms with Gasteiger partial charge < -0.3 is 11.1 Å². The van der Waals surface area contributed by atoms with Crippen LogP contribution < -0.4 is 11.1 Å². The van der Waals surface area contributed by atoms with Crippen LogP contribution in [0.25, 0.3) is 5.65 Å². The Morgan fingerprint density at radius 1 is 1.25 bits per heavy atom. The minimum Gasteiger partial charge on any atom is -0.367 e. The third-order valence-electron chi connectivity index (χ3n) is 6.07. The summed E-state index contributed by atoms with van der Waals surface area (Å²) in [6.45, 7) is 4.43. The van der Waals surface area contributed by atoms with Gasteiger partial charge in [0.2, 0.25) is 0 Å². The van der Waals surface area contributed by atoms with Crippen LogP contribution in [0.1, 0.15) is 69.0 Å². The minimum absolute atomic E-state index is 0.330. The van der Waals surface area contributed by atoms with Crippen molar-refractivity contribution < 1.29 is 0 Å². The van der Waals surface area contributed by atoms with Gasteiger partial charge >= 0.3 is 0 Å². The first-order valence-electron chi connectivity index (χ1n) is 9.49. The number of rotatable bonds is 4. The zero-order valence-electron chi connectivity index (χ0n) is 14.8. The number of nitrogens with two attached hydrogens (primary N) is 1. The standard InChI is InChI=1S/C19H29N5/c1-12-11-21-24-18(22-16-8-7-15(20)9-16)10-17(23-19(12)24)13(2)14-5-3-4-6-14/h10-11,13-16,22H,3-9,20H2,1-2H3/t13-,15+,16+/m1/s1. The zero-order chi connectivity index (χ0) is 16.7. The Labute approximate surface area is 144 Å². The van der Waals surface area contributed by atoms with E-state index in [1.807, 2.05) is 10.7 Å². The Morgan fingerprint density at radius 2 is 2.04 bits per heavy atom. The summed E-state index contributed by atoms with van der Waals surface area (Å²) in [7, 11) is 0. The SMILES string of the molecule is Cc1cnn2c(N[C@H]3CC[C@H](N)C3)cc([C@H](C)C3CCCC3)nc12. The molecule has 2 fully saturated rings. The van der Waals surface area contributed by atoms with Crippen molar-refractivity contribution >= 4 is 11.5 Å². The van der Waals surface area contributed by atoms with Crippen LogP contribution in [-0.4, -0.2) is 26.7 Å². The monoisotopic (exact) mass is 327 g/mol. The molecular formula is C19H29N5. The number of hydrogen-bond acceptors (Lipinski definition) is 4. The Morgan fingerprint density at radius 3 is 2.75 bits per heavy atom. The highest BCUT2D eigenvalue weighted by atomic mass is 15.3. The lowest BCUT2D eigenvalue weighted by molar-refractivity contribution is 0.453. The molecule has 3 N–H and O–H groups in total. The fourth-order valence-electron chi connectivity index (χ4n) is 4.48. The van der Waals surface area contributed by atoms with E-state index in [-0.39, 0.29) is 0 Å². The van der Waals surface area contributed by atoms with E-state index in [1.54, 1.807) is 0 Å². The van der Waals surface area contributed by atoms with E-state index in [0.29, 0.717) is 18.0 Å². The van der Waals surface area contributed by atoms with E-state index in [2.05, 4.69) is 30.3 Å². The van der Waals surface area contributed by atoms with E-state index >= 15 is 0 Å². The van der Waals surface area contributed by atoms with Crippen LogP contribution in [0.2, 0.25) is 0 Å². The molecule has 130 valence electrons. The lowest BCUT2D eigenvalue weighted by Crippen LogP contribution is -2.22. The van der Waals surface area contributed by atoms with Crippen LogP contribution in [0.4, 0.5) is 5.82 Å². The van der Waals surface area contributed by atoms with Gasteiger partial charge in [0.25, 0.3) is 0 Å². The maximum Gasteiger partial charge on any atom is 0.160 e. The highest BCUT2D eigenvalue weighted by Crippen LogP contribution is 2.37. The highest BCUT2D eigenvalue weighted by molar-refractivity contribution is 5.54. The van der Waals surface area contributed by atoms with Crippen LogP contribution >= 0.6 is 0 Å². The number of hydrogen-bond donors (Lipinski definition) is 2. The molecule has 5 nitrogen and oxygen atoms in total. The van der Waals surface area contributed by atoms with Gasteiger partial charge in [-0.15, -0.1) is 0 Å². The summed E-state index contributed by atoms with van der Waals surface area (Å²) >= 11 is 0. The predicted octanol–water partition coefficient (Wildman–Crippen LogP) is 3.62. The first-order valence-corrected chi connectivity index (χ1v) is 9.49. The van der Waals surface area contributed by atoms with E-state index in [0.717, 1.165) is 42.2 Å². The normalized spacial score (nSPS) is 26.3. The molecule has 0 bridgehead atoms. The molecule has 2 saturated carbocycles. The molecule has 0 saturated heterocycles. The van der Waals surface area contributed by atoms with Gasteiger partial charge in [0, 0.05) is 35.3 Å². The molecule has 0 unspecified atom stereocenters. The molecule has 24 heavy (non-hydrogen) atoms. The molecule has 0 aromatic carbocycles. The summed E-state index contributed by atoms with van der Waals surface area (Å²) in [5.74, 6) is 2.36. The maximum atomic E-state index is 6.08. The first kappa shape index (κ1) is 15.9. The molecule has 5 heteroatoms. The molecule has 2 aromatic rings. The molecule has 2 aromatic heterocycles. The Kier molecular flexibility index (Phi) is 4.21. The second kappa shape index (κ2) is 6.36. The van der Waals surface area contributed by atoms with Crippen molar-refractivity contribution in [2.45, 2.75) is 76.8 Å². The molecule has 2 aliphatic rings. The lowest BCUT2D eigenvalue weighted by atomic mass is 9.89. The fraction of sp³-hybridized carbons (Fsp3) is 0.684. The Balaban J connectivity index is 1.68. The van der Waals surface area contributed by atoms with Gasteiger partial charge in [-0.25, -0.2) is 4.98 Å². The van der Waals surface area contributed by atoms with Crippen molar-refractivity contribution in [1.29, 1.82) is 0 Å². The van der Waals surface area contributed by atoms with Crippen molar-refractivity contribution in [3.05, 3.63) is 23.5 Å². The summed E-state index contributed by atoms with van der Waals surface area (Å²) in [6.07, 6.45) is 10.6. The van der Waals surface area contributed by atoms with Crippen molar-refractivity contribution in [3.63, 3.8) is 0 Å². The topological polar surface area (TPSA) is 68.2 Å². The van der Waals surface area contributed by atoms with Crippen LogP contribution in [0.3, 0.4) is 0 Å². The molecule has 2 aliphatic carbocycles. The summed E-state index contributed by atoms with van der Waals surface area (Å²) in [4.78, 5) is 4.97. The number of aromatic nitrogens is 3. The van der Waals surface area contributed by atoms with Gasteiger partial charge in [0.15, 0.2) is 5.65 Å². The smallest absolute Gasteiger partial charge is 0.160 e. The zero-order valence-corrected chi connectivity index (χ0v) is 14.8.